The summed E-state index contributed by atoms with van der Waals surface area (Å²) in [5.41, 5.74) is 7.44. The van der Waals surface area contributed by atoms with Gasteiger partial charge in [-0.05, 0) is 45.3 Å². The van der Waals surface area contributed by atoms with E-state index in [-0.39, 0.29) is 24.4 Å². The third kappa shape index (κ3) is 3.62. The van der Waals surface area contributed by atoms with Crippen LogP contribution in [-0.2, 0) is 28.3 Å². The molecule has 0 aromatic heterocycles. The van der Waals surface area contributed by atoms with Gasteiger partial charge in [0.1, 0.15) is 12.2 Å². The maximum Gasteiger partial charge on any atom is 0.494 e. The zero-order valence-electron chi connectivity index (χ0n) is 15.6. The Morgan fingerprint density at radius 1 is 0.923 bits per heavy atom. The van der Waals surface area contributed by atoms with Crippen molar-refractivity contribution in [3.63, 3.8) is 0 Å². The molecule has 0 radical (unpaired) electrons. The highest BCUT2D eigenvalue weighted by molar-refractivity contribution is 6.62. The van der Waals surface area contributed by atoms with Gasteiger partial charge in [-0.1, -0.05) is 12.1 Å². The van der Waals surface area contributed by atoms with E-state index in [0.29, 0.717) is 18.9 Å². The van der Waals surface area contributed by atoms with E-state index in [0.717, 1.165) is 5.46 Å². The molecule has 7 nitrogen and oxygen atoms in total. The summed E-state index contributed by atoms with van der Waals surface area (Å²) in [5, 5.41) is 0. The summed E-state index contributed by atoms with van der Waals surface area (Å²) in [7, 11) is -0.534. The minimum absolute atomic E-state index is 0.242. The van der Waals surface area contributed by atoms with Crippen molar-refractivity contribution in [2.24, 2.45) is 0 Å². The van der Waals surface area contributed by atoms with Crippen molar-refractivity contribution in [2.75, 3.05) is 18.9 Å². The quantitative estimate of drug-likeness (QED) is 0.635. The lowest BCUT2D eigenvalue weighted by Crippen LogP contribution is -2.45. The summed E-state index contributed by atoms with van der Waals surface area (Å²) >= 11 is 0. The zero-order valence-corrected chi connectivity index (χ0v) is 15.6. The molecule has 0 spiro atoms. The molecule has 0 saturated carbocycles. The van der Waals surface area contributed by atoms with E-state index in [1.54, 1.807) is 0 Å². The minimum atomic E-state index is -0.639. The lowest BCUT2D eigenvalue weighted by Gasteiger charge is -2.28. The average molecular weight is 363 g/mol. The van der Waals surface area contributed by atoms with Crippen LogP contribution in [0.25, 0.3) is 0 Å². The Hall–Kier alpha value is -1.16. The number of anilines is 1. The molecule has 2 N–H and O–H groups in total. The molecule has 1 aromatic carbocycles. The van der Waals surface area contributed by atoms with Crippen LogP contribution in [0.4, 0.5) is 5.69 Å². The molecular formula is C18H26BNO6. The molecule has 3 fully saturated rings. The normalized spacial score (nSPS) is 35.9. The molecule has 3 aliphatic heterocycles. The van der Waals surface area contributed by atoms with Crippen molar-refractivity contribution in [3.05, 3.63) is 24.3 Å². The zero-order chi connectivity index (χ0) is 18.5. The van der Waals surface area contributed by atoms with Crippen LogP contribution < -0.4 is 11.2 Å². The fraction of sp³-hybridized carbons (Fsp3) is 0.667. The van der Waals surface area contributed by atoms with Crippen molar-refractivity contribution in [3.8, 4) is 0 Å². The number of benzene rings is 1. The third-order valence-electron chi connectivity index (χ3n) is 4.86. The second kappa shape index (κ2) is 6.47. The highest BCUT2D eigenvalue weighted by atomic mass is 16.8. The molecular weight excluding hydrogens is 337 g/mol. The van der Waals surface area contributed by atoms with E-state index in [4.69, 9.17) is 34.0 Å². The molecule has 1 aromatic rings. The second-order valence-electron chi connectivity index (χ2n) is 7.94. The van der Waals surface area contributed by atoms with Gasteiger partial charge in [0.25, 0.3) is 0 Å². The summed E-state index contributed by atoms with van der Waals surface area (Å²) in [6, 6.07) is 7.51. The molecule has 0 aliphatic carbocycles. The first-order valence-electron chi connectivity index (χ1n) is 9.02. The highest BCUT2D eigenvalue weighted by Gasteiger charge is 2.54. The number of ether oxygens (including phenoxy) is 4. The van der Waals surface area contributed by atoms with Crippen LogP contribution in [-0.4, -0.2) is 56.3 Å². The van der Waals surface area contributed by atoms with Gasteiger partial charge >= 0.3 is 7.12 Å². The van der Waals surface area contributed by atoms with E-state index < -0.39 is 18.7 Å². The first-order valence-corrected chi connectivity index (χ1v) is 9.02. The largest absolute Gasteiger partial charge is 0.494 e. The Kier molecular flexibility index (Phi) is 4.54. The fourth-order valence-electron chi connectivity index (χ4n) is 3.69. The van der Waals surface area contributed by atoms with Crippen LogP contribution in [0.5, 0.6) is 0 Å². The predicted molar refractivity (Wildman–Crippen MR) is 95.8 cm³/mol. The first kappa shape index (κ1) is 18.2. The average Bonchev–Trinajstić information content (AvgIpc) is 3.23. The van der Waals surface area contributed by atoms with Gasteiger partial charge in [-0.2, -0.15) is 0 Å². The van der Waals surface area contributed by atoms with Crippen molar-refractivity contribution in [2.45, 2.75) is 63.7 Å². The Bertz CT molecular complexity index is 635. The number of rotatable bonds is 3. The first-order chi connectivity index (χ1) is 12.2. The van der Waals surface area contributed by atoms with Crippen molar-refractivity contribution in [1.82, 2.24) is 0 Å². The molecule has 3 aliphatic rings. The van der Waals surface area contributed by atoms with Gasteiger partial charge in [0.2, 0.25) is 0 Å². The highest BCUT2D eigenvalue weighted by Crippen LogP contribution is 2.35. The predicted octanol–water partition coefficient (Wildman–Crippen LogP) is 1.05. The van der Waals surface area contributed by atoms with Gasteiger partial charge < -0.3 is 34.0 Å². The minimum Gasteiger partial charge on any atom is -0.399 e. The topological polar surface area (TPSA) is 81.4 Å². The van der Waals surface area contributed by atoms with Crippen molar-refractivity contribution < 1.29 is 28.3 Å². The third-order valence-corrected chi connectivity index (χ3v) is 4.86. The summed E-state index contributed by atoms with van der Waals surface area (Å²) in [6.45, 7) is 8.46. The molecule has 0 bridgehead atoms. The maximum absolute atomic E-state index is 6.25. The Morgan fingerprint density at radius 2 is 1.46 bits per heavy atom. The molecule has 8 heteroatoms. The maximum atomic E-state index is 6.25. The molecule has 3 saturated heterocycles. The van der Waals surface area contributed by atoms with E-state index in [1.165, 1.54) is 0 Å². The number of hydrogen-bond acceptors (Lipinski definition) is 7. The molecule has 142 valence electrons. The molecule has 4 rings (SSSR count). The lowest BCUT2D eigenvalue weighted by molar-refractivity contribution is -0.165. The van der Waals surface area contributed by atoms with Crippen LogP contribution in [0.3, 0.4) is 0 Å². The van der Waals surface area contributed by atoms with Crippen LogP contribution in [0.1, 0.15) is 27.7 Å². The molecule has 26 heavy (non-hydrogen) atoms. The van der Waals surface area contributed by atoms with Crippen LogP contribution >= 0.6 is 0 Å². The van der Waals surface area contributed by atoms with Gasteiger partial charge in [0.15, 0.2) is 11.6 Å². The molecule has 0 unspecified atom stereocenters. The van der Waals surface area contributed by atoms with Crippen molar-refractivity contribution >= 4 is 18.3 Å². The van der Waals surface area contributed by atoms with Crippen LogP contribution in [0.2, 0.25) is 0 Å². The summed E-state index contributed by atoms with van der Waals surface area (Å²) in [6.07, 6.45) is -1.14. The molecule has 0 amide bonds. The SMILES string of the molecule is CC1(C)OC[C@H]([C@H]2OB(c3cccc(N)c3)O[C@@H]2[C@H]2COC(C)(C)O2)O1. The Labute approximate surface area is 154 Å². The molecule has 3 heterocycles. The number of nitrogens with two attached hydrogens (primary N) is 1. The molecule has 4 atom stereocenters. The monoisotopic (exact) mass is 363 g/mol. The van der Waals surface area contributed by atoms with Gasteiger partial charge in [0, 0.05) is 5.69 Å². The smallest absolute Gasteiger partial charge is 0.399 e. The van der Waals surface area contributed by atoms with Gasteiger partial charge in [-0.15, -0.1) is 0 Å². The van der Waals surface area contributed by atoms with Gasteiger partial charge in [-0.3, -0.25) is 0 Å². The Balaban J connectivity index is 1.57. The van der Waals surface area contributed by atoms with E-state index >= 15 is 0 Å². The summed E-state index contributed by atoms with van der Waals surface area (Å²) in [5.74, 6) is -1.28. The lowest BCUT2D eigenvalue weighted by atomic mass is 9.79. The van der Waals surface area contributed by atoms with Gasteiger partial charge in [0.05, 0.1) is 25.4 Å². The van der Waals surface area contributed by atoms with E-state index in [2.05, 4.69) is 0 Å². The fourth-order valence-corrected chi connectivity index (χ4v) is 3.69. The Morgan fingerprint density at radius 3 is 1.88 bits per heavy atom. The van der Waals surface area contributed by atoms with Crippen molar-refractivity contribution in [1.29, 1.82) is 0 Å². The second-order valence-corrected chi connectivity index (χ2v) is 7.94. The van der Waals surface area contributed by atoms with Gasteiger partial charge in [-0.25, -0.2) is 0 Å². The van der Waals surface area contributed by atoms with E-state index in [1.807, 2.05) is 52.0 Å². The summed E-state index contributed by atoms with van der Waals surface area (Å²) in [4.78, 5) is 0. The number of nitrogen functional groups attached to an aromatic ring is 1. The number of hydrogen-bond donors (Lipinski definition) is 1. The van der Waals surface area contributed by atoms with Crippen LogP contribution in [0.15, 0.2) is 24.3 Å². The standard InChI is InChI=1S/C18H26BNO6/c1-17(2)21-9-13(23-17)15-16(14-10-22-18(3,4)24-14)26-19(25-15)11-6-5-7-12(20)8-11/h5-8,13-16H,9-10,20H2,1-4H3/t13-,14-,15-,16-/m1/s1. The summed E-state index contributed by atoms with van der Waals surface area (Å²) < 4.78 is 36.0. The van der Waals surface area contributed by atoms with Crippen LogP contribution in [0, 0.1) is 0 Å². The van der Waals surface area contributed by atoms with E-state index in [9.17, 15) is 0 Å².